The summed E-state index contributed by atoms with van der Waals surface area (Å²) < 4.78 is 1.88. The molecular weight excluding hydrogens is 216 g/mol. The van der Waals surface area contributed by atoms with Gasteiger partial charge < -0.3 is 5.11 Å². The Balaban J connectivity index is 1.63. The summed E-state index contributed by atoms with van der Waals surface area (Å²) in [5.74, 6) is 0. The highest BCUT2D eigenvalue weighted by Gasteiger charge is 2.33. The van der Waals surface area contributed by atoms with Crippen molar-refractivity contribution in [2.45, 2.75) is 57.3 Å². The second-order valence-electron chi connectivity index (χ2n) is 5.21. The topological polar surface area (TPSA) is 54.2 Å². The van der Waals surface area contributed by atoms with E-state index in [2.05, 4.69) is 15.2 Å². The van der Waals surface area contributed by atoms with Crippen LogP contribution in [0.2, 0.25) is 0 Å². The van der Waals surface area contributed by atoms with Crippen LogP contribution in [0, 0.1) is 0 Å². The summed E-state index contributed by atoms with van der Waals surface area (Å²) in [5.41, 5.74) is 0.665. The second-order valence-corrected chi connectivity index (χ2v) is 5.21. The van der Waals surface area contributed by atoms with Crippen LogP contribution >= 0.6 is 0 Å². The standard InChI is InChI=1S/C12H20N4O/c17-9-10-7-15(14-13-10)8-12-5-2-6-16(12)11-3-1-4-11/h7,11-12,17H,1-6,8-9H2/t12-/m0/s1. The molecule has 1 saturated heterocycles. The van der Waals surface area contributed by atoms with Crippen molar-refractivity contribution in [3.63, 3.8) is 0 Å². The van der Waals surface area contributed by atoms with E-state index in [1.165, 1.54) is 38.6 Å². The van der Waals surface area contributed by atoms with Gasteiger partial charge in [0.2, 0.25) is 0 Å². The molecule has 1 aliphatic carbocycles. The summed E-state index contributed by atoms with van der Waals surface area (Å²) in [5, 5.41) is 17.0. The van der Waals surface area contributed by atoms with Crippen molar-refractivity contribution in [1.29, 1.82) is 0 Å². The molecule has 0 bridgehead atoms. The Morgan fingerprint density at radius 3 is 2.82 bits per heavy atom. The van der Waals surface area contributed by atoms with Gasteiger partial charge in [-0.05, 0) is 32.2 Å². The van der Waals surface area contributed by atoms with Gasteiger partial charge in [0.05, 0.1) is 19.3 Å². The number of rotatable bonds is 4. The van der Waals surface area contributed by atoms with Crippen LogP contribution in [0.15, 0.2) is 6.20 Å². The molecule has 1 aromatic heterocycles. The lowest BCUT2D eigenvalue weighted by Crippen LogP contribution is -2.44. The fraction of sp³-hybridized carbons (Fsp3) is 0.833. The van der Waals surface area contributed by atoms with E-state index in [4.69, 9.17) is 5.11 Å². The quantitative estimate of drug-likeness (QED) is 0.839. The van der Waals surface area contributed by atoms with Crippen LogP contribution in [0.3, 0.4) is 0 Å². The highest BCUT2D eigenvalue weighted by atomic mass is 16.3. The summed E-state index contributed by atoms with van der Waals surface area (Å²) in [6.45, 7) is 2.15. The highest BCUT2D eigenvalue weighted by molar-refractivity contribution is 4.92. The molecule has 2 heterocycles. The van der Waals surface area contributed by atoms with E-state index in [0.29, 0.717) is 11.7 Å². The third-order valence-electron chi connectivity index (χ3n) is 4.11. The number of aliphatic hydroxyl groups excluding tert-OH is 1. The largest absolute Gasteiger partial charge is 0.390 e. The number of aromatic nitrogens is 3. The first kappa shape index (κ1) is 11.2. The molecule has 1 atom stereocenters. The van der Waals surface area contributed by atoms with Gasteiger partial charge in [-0.15, -0.1) is 5.10 Å². The van der Waals surface area contributed by atoms with Crippen LogP contribution in [-0.4, -0.2) is 43.6 Å². The Labute approximate surface area is 101 Å². The third-order valence-corrected chi connectivity index (χ3v) is 4.11. The minimum Gasteiger partial charge on any atom is -0.390 e. The normalized spacial score (nSPS) is 26.3. The minimum absolute atomic E-state index is 0.0169. The summed E-state index contributed by atoms with van der Waals surface area (Å²) in [7, 11) is 0. The minimum atomic E-state index is -0.0169. The molecule has 94 valence electrons. The van der Waals surface area contributed by atoms with E-state index in [-0.39, 0.29) is 6.61 Å². The van der Waals surface area contributed by atoms with Crippen LogP contribution in [0.4, 0.5) is 0 Å². The monoisotopic (exact) mass is 236 g/mol. The maximum absolute atomic E-state index is 8.97. The number of hydrogen-bond acceptors (Lipinski definition) is 4. The third kappa shape index (κ3) is 2.21. The average molecular weight is 236 g/mol. The van der Waals surface area contributed by atoms with Crippen LogP contribution in [-0.2, 0) is 13.2 Å². The molecule has 0 radical (unpaired) electrons. The Morgan fingerprint density at radius 1 is 1.29 bits per heavy atom. The number of aliphatic hydroxyl groups is 1. The van der Waals surface area contributed by atoms with E-state index in [9.17, 15) is 0 Å². The predicted octanol–water partition coefficient (Wildman–Crippen LogP) is 0.787. The summed E-state index contributed by atoms with van der Waals surface area (Å²) >= 11 is 0. The lowest BCUT2D eigenvalue weighted by Gasteiger charge is -2.38. The zero-order valence-corrected chi connectivity index (χ0v) is 10.1. The summed E-state index contributed by atoms with van der Waals surface area (Å²) in [6.07, 6.45) is 8.57. The maximum atomic E-state index is 8.97. The van der Waals surface area contributed by atoms with Gasteiger partial charge in [0.25, 0.3) is 0 Å². The SMILES string of the molecule is OCc1cn(C[C@@H]2CCCN2C2CCC2)nn1. The molecular formula is C12H20N4O. The zero-order chi connectivity index (χ0) is 11.7. The van der Waals surface area contributed by atoms with Gasteiger partial charge in [-0.3, -0.25) is 9.58 Å². The van der Waals surface area contributed by atoms with Gasteiger partial charge >= 0.3 is 0 Å². The van der Waals surface area contributed by atoms with Gasteiger partial charge in [0, 0.05) is 12.1 Å². The molecule has 5 nitrogen and oxygen atoms in total. The van der Waals surface area contributed by atoms with Crippen LogP contribution in [0.5, 0.6) is 0 Å². The zero-order valence-electron chi connectivity index (χ0n) is 10.1. The van der Waals surface area contributed by atoms with Gasteiger partial charge in [0.15, 0.2) is 0 Å². The van der Waals surface area contributed by atoms with Gasteiger partial charge in [-0.1, -0.05) is 11.6 Å². The van der Waals surface area contributed by atoms with E-state index < -0.39 is 0 Å². The number of hydrogen-bond donors (Lipinski definition) is 1. The first-order chi connectivity index (χ1) is 8.36. The summed E-state index contributed by atoms with van der Waals surface area (Å²) in [4.78, 5) is 2.66. The van der Waals surface area contributed by atoms with Crippen molar-refractivity contribution >= 4 is 0 Å². The fourth-order valence-corrected chi connectivity index (χ4v) is 2.97. The van der Waals surface area contributed by atoms with Crippen molar-refractivity contribution < 1.29 is 5.11 Å². The first-order valence-corrected chi connectivity index (χ1v) is 6.62. The average Bonchev–Trinajstić information content (AvgIpc) is 2.87. The Kier molecular flexibility index (Phi) is 3.11. The number of likely N-dealkylation sites (tertiary alicyclic amines) is 1. The van der Waals surface area contributed by atoms with Crippen molar-refractivity contribution in [3.8, 4) is 0 Å². The smallest absolute Gasteiger partial charge is 0.108 e. The molecule has 2 aliphatic rings. The van der Waals surface area contributed by atoms with Crippen molar-refractivity contribution in [2.75, 3.05) is 6.54 Å². The summed E-state index contributed by atoms with van der Waals surface area (Å²) in [6, 6.07) is 1.44. The molecule has 5 heteroatoms. The molecule has 0 spiro atoms. The molecule has 1 aromatic rings. The molecule has 3 rings (SSSR count). The molecule has 1 N–H and O–H groups in total. The van der Waals surface area contributed by atoms with Gasteiger partial charge in [-0.2, -0.15) is 0 Å². The van der Waals surface area contributed by atoms with E-state index in [0.717, 1.165) is 12.6 Å². The maximum Gasteiger partial charge on any atom is 0.108 e. The van der Waals surface area contributed by atoms with Crippen molar-refractivity contribution in [3.05, 3.63) is 11.9 Å². The molecule has 17 heavy (non-hydrogen) atoms. The van der Waals surface area contributed by atoms with Crippen molar-refractivity contribution in [2.24, 2.45) is 0 Å². The molecule has 0 aromatic carbocycles. The van der Waals surface area contributed by atoms with Crippen LogP contribution in [0.1, 0.15) is 37.8 Å². The Morgan fingerprint density at radius 2 is 2.18 bits per heavy atom. The van der Waals surface area contributed by atoms with E-state index >= 15 is 0 Å². The lowest BCUT2D eigenvalue weighted by atomic mass is 9.91. The Bertz CT molecular complexity index is 374. The molecule has 2 fully saturated rings. The van der Waals surface area contributed by atoms with Crippen LogP contribution < -0.4 is 0 Å². The second kappa shape index (κ2) is 4.74. The van der Waals surface area contributed by atoms with E-state index in [1.807, 2.05) is 10.9 Å². The predicted molar refractivity (Wildman–Crippen MR) is 63.3 cm³/mol. The first-order valence-electron chi connectivity index (χ1n) is 6.62. The van der Waals surface area contributed by atoms with E-state index in [1.54, 1.807) is 0 Å². The lowest BCUT2D eigenvalue weighted by molar-refractivity contribution is 0.103. The van der Waals surface area contributed by atoms with Crippen molar-refractivity contribution in [1.82, 2.24) is 19.9 Å². The van der Waals surface area contributed by atoms with Crippen LogP contribution in [0.25, 0.3) is 0 Å². The van der Waals surface area contributed by atoms with Gasteiger partial charge in [0.1, 0.15) is 5.69 Å². The molecule has 1 saturated carbocycles. The fourth-order valence-electron chi connectivity index (χ4n) is 2.97. The highest BCUT2D eigenvalue weighted by Crippen LogP contribution is 2.31. The number of nitrogens with zero attached hydrogens (tertiary/aromatic N) is 4. The molecule has 1 aliphatic heterocycles. The van der Waals surface area contributed by atoms with Gasteiger partial charge in [-0.25, -0.2) is 0 Å². The molecule has 0 unspecified atom stereocenters. The molecule has 0 amide bonds. The Hall–Kier alpha value is -0.940.